The van der Waals surface area contributed by atoms with Crippen LogP contribution in [0, 0.1) is 0 Å². The molecule has 0 aliphatic rings. The minimum Gasteiger partial charge on any atom is -0.0893 e. The van der Waals surface area contributed by atoms with E-state index < -0.39 is 0 Å². The molecule has 0 aliphatic heterocycles. The van der Waals surface area contributed by atoms with E-state index in [2.05, 4.69) is 48.0 Å². The molecule has 0 radical (unpaired) electrons. The molecule has 3 nitrogen and oxygen atoms in total. The van der Waals surface area contributed by atoms with Crippen LogP contribution in [0.1, 0.15) is 16.7 Å². The maximum Gasteiger partial charge on any atom is 0.0511 e. The summed E-state index contributed by atoms with van der Waals surface area (Å²) in [6, 6.07) is 6.19. The van der Waals surface area contributed by atoms with Gasteiger partial charge in [0.05, 0.1) is 6.54 Å². The van der Waals surface area contributed by atoms with Crippen molar-refractivity contribution >= 4 is 31.9 Å². The van der Waals surface area contributed by atoms with Gasteiger partial charge in [0.25, 0.3) is 0 Å². The lowest BCUT2D eigenvalue weighted by atomic mass is 10.1. The maximum absolute atomic E-state index is 8.22. The number of hydrogen-bond acceptors (Lipinski definition) is 1. The van der Waals surface area contributed by atoms with Crippen LogP contribution < -0.4 is 0 Å². The Labute approximate surface area is 99.4 Å². The molecule has 0 aliphatic carbocycles. The third-order valence-electron chi connectivity index (χ3n) is 1.74. The predicted octanol–water partition coefficient (Wildman–Crippen LogP) is 4.29. The van der Waals surface area contributed by atoms with Gasteiger partial charge in [-0.3, -0.25) is 0 Å². The average Bonchev–Trinajstić information content (AvgIpc) is 2.25. The summed E-state index contributed by atoms with van der Waals surface area (Å²) in [5, 5.41) is 5.18. The molecule has 74 valence electrons. The van der Waals surface area contributed by atoms with E-state index in [9.17, 15) is 0 Å². The van der Waals surface area contributed by atoms with Crippen LogP contribution in [0.4, 0.5) is 0 Å². The summed E-state index contributed by atoms with van der Waals surface area (Å²) in [5.41, 5.74) is 11.7. The van der Waals surface area contributed by atoms with Crippen molar-refractivity contribution in [2.45, 2.75) is 17.2 Å². The van der Waals surface area contributed by atoms with Crippen LogP contribution in [-0.4, -0.2) is 0 Å². The second-order valence-corrected chi connectivity index (χ2v) is 3.94. The highest BCUT2D eigenvalue weighted by Gasteiger charge is 1.98. The zero-order valence-electron chi connectivity index (χ0n) is 7.45. The molecule has 0 heterocycles. The van der Waals surface area contributed by atoms with Crippen molar-refractivity contribution in [1.29, 1.82) is 0 Å². The number of hydrogen-bond donors (Lipinski definition) is 0. The van der Waals surface area contributed by atoms with Crippen molar-refractivity contribution in [3.8, 4) is 0 Å². The third-order valence-corrected chi connectivity index (χ3v) is 3.03. The fourth-order valence-electron chi connectivity index (χ4n) is 1.20. The first kappa shape index (κ1) is 11.6. The van der Waals surface area contributed by atoms with Crippen molar-refractivity contribution in [1.82, 2.24) is 0 Å². The van der Waals surface area contributed by atoms with Gasteiger partial charge in [0.1, 0.15) is 0 Å². The van der Waals surface area contributed by atoms with E-state index in [1.165, 1.54) is 11.1 Å². The van der Waals surface area contributed by atoms with Crippen LogP contribution in [0.2, 0.25) is 0 Å². The van der Waals surface area contributed by atoms with Crippen molar-refractivity contribution in [3.05, 3.63) is 45.3 Å². The monoisotopic (exact) mass is 317 g/mol. The highest BCUT2D eigenvalue weighted by atomic mass is 79.9. The quantitative estimate of drug-likeness (QED) is 0.344. The molecule has 0 atom stereocenters. The van der Waals surface area contributed by atoms with E-state index in [1.54, 1.807) is 0 Å². The van der Waals surface area contributed by atoms with Gasteiger partial charge in [-0.2, -0.15) is 0 Å². The molecule has 1 rings (SSSR count). The molecule has 0 saturated carbocycles. The largest absolute Gasteiger partial charge is 0.0893 e. The van der Waals surface area contributed by atoms with E-state index in [-0.39, 0.29) is 0 Å². The van der Waals surface area contributed by atoms with Crippen LogP contribution in [0.3, 0.4) is 0 Å². The number of alkyl halides is 2. The summed E-state index contributed by atoms with van der Waals surface area (Å²) in [5.74, 6) is 0. The van der Waals surface area contributed by atoms with Crippen LogP contribution >= 0.6 is 31.9 Å². The van der Waals surface area contributed by atoms with E-state index in [4.69, 9.17) is 5.53 Å². The summed E-state index contributed by atoms with van der Waals surface area (Å²) in [7, 11) is 0. The second kappa shape index (κ2) is 6.06. The third kappa shape index (κ3) is 3.33. The number of halogens is 2. The number of nitrogens with zero attached hydrogens (tertiary/aromatic N) is 3. The molecular formula is C9H9Br2N3. The molecule has 1 aromatic carbocycles. The summed E-state index contributed by atoms with van der Waals surface area (Å²) in [6.07, 6.45) is 0. The Kier molecular flexibility index (Phi) is 5.01. The minimum atomic E-state index is 0.414. The standard InChI is InChI=1S/C9H9Br2N3/c10-4-7-1-8(5-11)3-9(2-7)6-13-14-12/h1-3H,4-6H2. The van der Waals surface area contributed by atoms with Crippen LogP contribution in [0.15, 0.2) is 23.3 Å². The molecule has 0 amide bonds. The molecule has 0 spiro atoms. The van der Waals surface area contributed by atoms with Gasteiger partial charge in [-0.15, -0.1) is 0 Å². The zero-order chi connectivity index (χ0) is 10.4. The Morgan fingerprint density at radius 1 is 1.07 bits per heavy atom. The van der Waals surface area contributed by atoms with Crippen LogP contribution in [0.25, 0.3) is 10.4 Å². The van der Waals surface area contributed by atoms with Crippen LogP contribution in [-0.2, 0) is 17.2 Å². The van der Waals surface area contributed by atoms with E-state index in [1.807, 2.05) is 12.1 Å². The van der Waals surface area contributed by atoms with Gasteiger partial charge in [0, 0.05) is 15.6 Å². The first-order valence-corrected chi connectivity index (χ1v) is 6.29. The number of azide groups is 1. The molecule has 0 bridgehead atoms. The molecule has 0 N–H and O–H groups in total. The lowest BCUT2D eigenvalue weighted by Gasteiger charge is -2.04. The molecule has 0 saturated heterocycles. The summed E-state index contributed by atoms with van der Waals surface area (Å²) in [4.78, 5) is 2.74. The zero-order valence-corrected chi connectivity index (χ0v) is 10.6. The summed E-state index contributed by atoms with van der Waals surface area (Å²) < 4.78 is 0. The molecule has 5 heteroatoms. The lowest BCUT2D eigenvalue weighted by Crippen LogP contribution is -1.88. The first-order chi connectivity index (χ1) is 6.80. The summed E-state index contributed by atoms with van der Waals surface area (Å²) in [6.45, 7) is 0.414. The van der Waals surface area contributed by atoms with Crippen molar-refractivity contribution in [3.63, 3.8) is 0 Å². The Balaban J connectivity index is 2.97. The first-order valence-electron chi connectivity index (χ1n) is 4.04. The number of rotatable bonds is 4. The van der Waals surface area contributed by atoms with Gasteiger partial charge in [-0.1, -0.05) is 55.2 Å². The Morgan fingerprint density at radius 3 is 2.00 bits per heavy atom. The Hall–Kier alpha value is -0.510. The minimum absolute atomic E-state index is 0.414. The average molecular weight is 319 g/mol. The fraction of sp³-hybridized carbons (Fsp3) is 0.333. The lowest BCUT2D eigenvalue weighted by molar-refractivity contribution is 1.04. The highest BCUT2D eigenvalue weighted by Crippen LogP contribution is 2.16. The Morgan fingerprint density at radius 2 is 1.57 bits per heavy atom. The molecule has 14 heavy (non-hydrogen) atoms. The number of benzene rings is 1. The van der Waals surface area contributed by atoms with E-state index in [0.29, 0.717) is 6.54 Å². The normalized spacial score (nSPS) is 9.57. The summed E-state index contributed by atoms with van der Waals surface area (Å²) >= 11 is 6.81. The SMILES string of the molecule is [N-]=[N+]=NCc1cc(CBr)cc(CBr)c1. The van der Waals surface area contributed by atoms with Gasteiger partial charge in [0.15, 0.2) is 0 Å². The molecular weight excluding hydrogens is 310 g/mol. The molecule has 0 aromatic heterocycles. The van der Waals surface area contributed by atoms with Gasteiger partial charge in [-0.05, 0) is 22.2 Å². The smallest absolute Gasteiger partial charge is 0.0511 e. The van der Waals surface area contributed by atoms with Crippen molar-refractivity contribution in [2.75, 3.05) is 0 Å². The van der Waals surface area contributed by atoms with Crippen molar-refractivity contribution in [2.24, 2.45) is 5.11 Å². The predicted molar refractivity (Wildman–Crippen MR) is 64.6 cm³/mol. The highest BCUT2D eigenvalue weighted by molar-refractivity contribution is 9.08. The molecule has 1 aromatic rings. The Bertz CT molecular complexity index is 337. The second-order valence-electron chi connectivity index (χ2n) is 2.81. The van der Waals surface area contributed by atoms with Crippen molar-refractivity contribution < 1.29 is 0 Å². The maximum atomic E-state index is 8.22. The van der Waals surface area contributed by atoms with Gasteiger partial charge in [-0.25, -0.2) is 0 Å². The van der Waals surface area contributed by atoms with Crippen LogP contribution in [0.5, 0.6) is 0 Å². The topological polar surface area (TPSA) is 48.8 Å². The molecule has 0 fully saturated rings. The van der Waals surface area contributed by atoms with E-state index >= 15 is 0 Å². The molecule has 0 unspecified atom stereocenters. The van der Waals surface area contributed by atoms with Gasteiger partial charge < -0.3 is 0 Å². The van der Waals surface area contributed by atoms with Gasteiger partial charge >= 0.3 is 0 Å². The van der Waals surface area contributed by atoms with Gasteiger partial charge in [0.2, 0.25) is 0 Å². The van der Waals surface area contributed by atoms with E-state index in [0.717, 1.165) is 16.2 Å². The fourth-order valence-corrected chi connectivity index (χ4v) is 1.85.